The minimum Gasteiger partial charge on any atom is -0.407 e. The molecule has 1 amide bonds. The Balaban J connectivity index is 1.43. The third kappa shape index (κ3) is 4.99. The number of para-hydroxylation sites is 1. The number of anilines is 2. The van der Waals surface area contributed by atoms with Gasteiger partial charge < -0.3 is 4.42 Å². The molecule has 34 heavy (non-hydrogen) atoms. The summed E-state index contributed by atoms with van der Waals surface area (Å²) in [5, 5.41) is 10.4. The average molecular weight is 477 g/mol. The van der Waals surface area contributed by atoms with Gasteiger partial charge in [0.1, 0.15) is 0 Å². The van der Waals surface area contributed by atoms with Gasteiger partial charge in [0, 0.05) is 12.6 Å². The van der Waals surface area contributed by atoms with Crippen LogP contribution >= 0.6 is 0 Å². The Hall–Kier alpha value is -3.98. The lowest BCUT2D eigenvalue weighted by Crippen LogP contribution is -2.26. The van der Waals surface area contributed by atoms with Crippen LogP contribution in [0.4, 0.5) is 11.7 Å². The third-order valence-electron chi connectivity index (χ3n) is 5.51. The number of benzene rings is 3. The molecule has 1 N–H and O–H groups in total. The molecule has 1 aromatic heterocycles. The van der Waals surface area contributed by atoms with E-state index in [1.54, 1.807) is 24.3 Å². The lowest BCUT2D eigenvalue weighted by Gasteiger charge is -2.19. The first kappa shape index (κ1) is 23.2. The van der Waals surface area contributed by atoms with Gasteiger partial charge in [-0.15, -0.1) is 5.10 Å². The van der Waals surface area contributed by atoms with Crippen LogP contribution in [0.3, 0.4) is 0 Å². The summed E-state index contributed by atoms with van der Waals surface area (Å²) in [6.07, 6.45) is 0.450. The largest absolute Gasteiger partial charge is 0.407 e. The highest BCUT2D eigenvalue weighted by Gasteiger charge is 2.22. The molecular weight excluding hydrogens is 452 g/mol. The molecule has 0 aliphatic carbocycles. The smallest absolute Gasteiger partial charge is 0.322 e. The summed E-state index contributed by atoms with van der Waals surface area (Å²) in [6.45, 7) is 4.08. The summed E-state index contributed by atoms with van der Waals surface area (Å²) in [5.74, 6) is -0.106. The first-order valence-corrected chi connectivity index (χ1v) is 12.0. The molecule has 9 heteroatoms. The quantitative estimate of drug-likeness (QED) is 0.425. The van der Waals surface area contributed by atoms with Gasteiger partial charge in [0.2, 0.25) is 5.89 Å². The lowest BCUT2D eigenvalue weighted by molar-refractivity contribution is 0.102. The van der Waals surface area contributed by atoms with Crippen LogP contribution in [0.5, 0.6) is 0 Å². The Kier molecular flexibility index (Phi) is 6.47. The van der Waals surface area contributed by atoms with E-state index in [4.69, 9.17) is 4.42 Å². The Morgan fingerprint density at radius 1 is 0.941 bits per heavy atom. The summed E-state index contributed by atoms with van der Waals surface area (Å²) >= 11 is 0. The zero-order valence-electron chi connectivity index (χ0n) is 19.0. The van der Waals surface area contributed by atoms with Crippen molar-refractivity contribution >= 4 is 27.6 Å². The number of hydrogen-bond acceptors (Lipinski definition) is 6. The average Bonchev–Trinajstić information content (AvgIpc) is 3.28. The summed E-state index contributed by atoms with van der Waals surface area (Å²) in [6, 6.07) is 20.5. The van der Waals surface area contributed by atoms with Gasteiger partial charge >= 0.3 is 6.01 Å². The Bertz CT molecular complexity index is 1420. The number of aryl methyl sites for hydroxylation is 2. The fraction of sp³-hybridized carbons (Fsp3) is 0.160. The van der Waals surface area contributed by atoms with E-state index >= 15 is 0 Å². The van der Waals surface area contributed by atoms with Crippen LogP contribution in [-0.4, -0.2) is 31.6 Å². The second-order valence-corrected chi connectivity index (χ2v) is 9.85. The molecule has 0 saturated heterocycles. The van der Waals surface area contributed by atoms with E-state index in [2.05, 4.69) is 21.6 Å². The van der Waals surface area contributed by atoms with Crippen molar-refractivity contribution in [1.29, 1.82) is 0 Å². The summed E-state index contributed by atoms with van der Waals surface area (Å²) in [4.78, 5) is 12.7. The number of hydrogen-bond donors (Lipinski definition) is 1. The van der Waals surface area contributed by atoms with Gasteiger partial charge in [-0.1, -0.05) is 41.5 Å². The topological polar surface area (TPSA) is 105 Å². The van der Waals surface area contributed by atoms with E-state index in [1.807, 2.05) is 32.0 Å². The Morgan fingerprint density at radius 3 is 2.32 bits per heavy atom. The van der Waals surface area contributed by atoms with E-state index in [9.17, 15) is 13.2 Å². The Labute approximate surface area is 198 Å². The second kappa shape index (κ2) is 9.48. The summed E-state index contributed by atoms with van der Waals surface area (Å²) < 4.78 is 32.5. The van der Waals surface area contributed by atoms with Crippen LogP contribution in [-0.2, 0) is 16.4 Å². The fourth-order valence-electron chi connectivity index (χ4n) is 3.35. The zero-order valence-corrected chi connectivity index (χ0v) is 19.8. The maximum absolute atomic E-state index is 12.9. The summed E-state index contributed by atoms with van der Waals surface area (Å²) in [7, 11) is -2.28. The molecule has 8 nitrogen and oxygen atoms in total. The number of carbonyl (C=O) groups excluding carboxylic acids is 1. The van der Waals surface area contributed by atoms with Crippen molar-refractivity contribution in [2.24, 2.45) is 0 Å². The molecule has 0 radical (unpaired) electrons. The van der Waals surface area contributed by atoms with Crippen LogP contribution in [0.2, 0.25) is 0 Å². The number of sulfonamides is 1. The van der Waals surface area contributed by atoms with E-state index in [0.29, 0.717) is 18.0 Å². The molecule has 4 rings (SSSR count). The molecule has 0 saturated carbocycles. The van der Waals surface area contributed by atoms with Crippen molar-refractivity contribution < 1.29 is 17.6 Å². The second-order valence-electron chi connectivity index (χ2n) is 7.88. The van der Waals surface area contributed by atoms with E-state index < -0.39 is 15.9 Å². The first-order valence-electron chi connectivity index (χ1n) is 10.6. The van der Waals surface area contributed by atoms with Gasteiger partial charge in [0.15, 0.2) is 0 Å². The van der Waals surface area contributed by atoms with Crippen molar-refractivity contribution in [3.63, 3.8) is 0 Å². The highest BCUT2D eigenvalue weighted by atomic mass is 32.2. The minimum absolute atomic E-state index is 0.0238. The number of nitrogens with one attached hydrogen (secondary N) is 1. The first-order chi connectivity index (χ1) is 16.2. The predicted octanol–water partition coefficient (Wildman–Crippen LogP) is 4.35. The molecule has 0 atom stereocenters. The fourth-order valence-corrected chi connectivity index (χ4v) is 4.54. The molecule has 0 aliphatic rings. The Morgan fingerprint density at radius 2 is 1.65 bits per heavy atom. The van der Waals surface area contributed by atoms with E-state index in [-0.39, 0.29) is 16.5 Å². The molecule has 0 unspecified atom stereocenters. The number of rotatable bonds is 7. The highest BCUT2D eigenvalue weighted by Crippen LogP contribution is 2.22. The highest BCUT2D eigenvalue weighted by molar-refractivity contribution is 7.92. The van der Waals surface area contributed by atoms with Crippen LogP contribution < -0.4 is 9.62 Å². The van der Waals surface area contributed by atoms with E-state index in [0.717, 1.165) is 5.56 Å². The number of carbonyl (C=O) groups is 1. The van der Waals surface area contributed by atoms with Crippen molar-refractivity contribution in [2.45, 2.75) is 25.2 Å². The molecule has 0 bridgehead atoms. The van der Waals surface area contributed by atoms with Crippen molar-refractivity contribution in [1.82, 2.24) is 10.2 Å². The third-order valence-corrected chi connectivity index (χ3v) is 7.31. The van der Waals surface area contributed by atoms with Gasteiger partial charge in [0.05, 0.1) is 17.0 Å². The van der Waals surface area contributed by atoms with Crippen LogP contribution in [0.15, 0.2) is 82.1 Å². The predicted molar refractivity (Wildman–Crippen MR) is 129 cm³/mol. The molecule has 0 aliphatic heterocycles. The molecule has 174 valence electrons. The normalized spacial score (nSPS) is 11.3. The number of nitrogens with zero attached hydrogens (tertiary/aromatic N) is 3. The molecule has 0 fully saturated rings. The van der Waals surface area contributed by atoms with Gasteiger partial charge in [0.25, 0.3) is 15.9 Å². The summed E-state index contributed by atoms with van der Waals surface area (Å²) in [5.41, 5.74) is 4.20. The number of aromatic nitrogens is 2. The molecule has 4 aromatic rings. The minimum atomic E-state index is -3.76. The molecule has 1 heterocycles. The van der Waals surface area contributed by atoms with Gasteiger partial charge in [-0.3, -0.25) is 14.4 Å². The van der Waals surface area contributed by atoms with Crippen LogP contribution in [0.1, 0.15) is 32.9 Å². The van der Waals surface area contributed by atoms with Crippen LogP contribution in [0.25, 0.3) is 0 Å². The maximum Gasteiger partial charge on any atom is 0.322 e. The SMILES string of the molecule is Cc1ccc(Cc2nnc(NC(=O)c3ccc(S(=O)(=O)N(C)c4ccccc4)cc3)o2)cc1C. The van der Waals surface area contributed by atoms with E-state index in [1.165, 1.54) is 46.7 Å². The van der Waals surface area contributed by atoms with Gasteiger partial charge in [-0.05, 0) is 66.9 Å². The maximum atomic E-state index is 12.9. The standard InChI is InChI=1S/C25H24N4O4S/c1-17-9-10-19(15-18(17)2)16-23-27-28-25(33-23)26-24(30)20-11-13-22(14-12-20)34(31,32)29(3)21-7-5-4-6-8-21/h4-15H,16H2,1-3H3,(H,26,28,30). The molecule has 3 aromatic carbocycles. The monoisotopic (exact) mass is 476 g/mol. The van der Waals surface area contributed by atoms with Gasteiger partial charge in [-0.25, -0.2) is 8.42 Å². The number of amides is 1. The molecule has 0 spiro atoms. The zero-order chi connectivity index (χ0) is 24.3. The van der Waals surface area contributed by atoms with Crippen molar-refractivity contribution in [3.05, 3.63) is 101 Å². The van der Waals surface area contributed by atoms with Gasteiger partial charge in [-0.2, -0.15) is 0 Å². The van der Waals surface area contributed by atoms with Crippen molar-refractivity contribution in [3.8, 4) is 0 Å². The van der Waals surface area contributed by atoms with Crippen molar-refractivity contribution in [2.75, 3.05) is 16.7 Å². The van der Waals surface area contributed by atoms with Crippen LogP contribution in [0, 0.1) is 13.8 Å². The lowest BCUT2D eigenvalue weighted by atomic mass is 10.0. The molecular formula is C25H24N4O4S.